The summed E-state index contributed by atoms with van der Waals surface area (Å²) in [5, 5.41) is 19.1. The fraction of sp³-hybridized carbons (Fsp3) is 0.231. The largest absolute Gasteiger partial charge is 0.381 e. The number of aromatic amines is 1. The smallest absolute Gasteiger partial charge is 0.0991 e. The SMILES string of the molecule is Cc1n[nH]c(C)c1CNc1ccc(C#N)cc1. The van der Waals surface area contributed by atoms with Gasteiger partial charge >= 0.3 is 0 Å². The van der Waals surface area contributed by atoms with Crippen molar-refractivity contribution in [3.05, 3.63) is 46.8 Å². The molecule has 0 amide bonds. The first kappa shape index (κ1) is 11.2. The summed E-state index contributed by atoms with van der Waals surface area (Å²) < 4.78 is 0. The lowest BCUT2D eigenvalue weighted by Gasteiger charge is -2.06. The molecular weight excluding hydrogens is 212 g/mol. The van der Waals surface area contributed by atoms with Crippen molar-refractivity contribution in [3.63, 3.8) is 0 Å². The fourth-order valence-corrected chi connectivity index (χ4v) is 1.69. The topological polar surface area (TPSA) is 64.5 Å². The summed E-state index contributed by atoms with van der Waals surface area (Å²) >= 11 is 0. The zero-order valence-corrected chi connectivity index (χ0v) is 9.91. The summed E-state index contributed by atoms with van der Waals surface area (Å²) in [5.74, 6) is 0. The number of nitrogens with zero attached hydrogens (tertiary/aromatic N) is 2. The molecule has 2 rings (SSSR count). The van der Waals surface area contributed by atoms with Gasteiger partial charge in [0.2, 0.25) is 0 Å². The fourth-order valence-electron chi connectivity index (χ4n) is 1.69. The Morgan fingerprint density at radius 3 is 2.53 bits per heavy atom. The van der Waals surface area contributed by atoms with Crippen LogP contribution in [0.3, 0.4) is 0 Å². The van der Waals surface area contributed by atoms with Gasteiger partial charge in [0.05, 0.1) is 17.3 Å². The maximum absolute atomic E-state index is 8.70. The van der Waals surface area contributed by atoms with Gasteiger partial charge in [0.1, 0.15) is 0 Å². The van der Waals surface area contributed by atoms with Crippen molar-refractivity contribution in [2.75, 3.05) is 5.32 Å². The predicted octanol–water partition coefficient (Wildman–Crippen LogP) is 2.51. The van der Waals surface area contributed by atoms with Crippen LogP contribution in [0, 0.1) is 25.2 Å². The first-order chi connectivity index (χ1) is 8.20. The molecule has 4 heteroatoms. The Hall–Kier alpha value is -2.28. The molecule has 1 heterocycles. The van der Waals surface area contributed by atoms with Gasteiger partial charge in [-0.05, 0) is 38.1 Å². The first-order valence-electron chi connectivity index (χ1n) is 5.45. The van der Waals surface area contributed by atoms with Crippen molar-refractivity contribution in [3.8, 4) is 6.07 Å². The normalized spacial score (nSPS) is 9.94. The second-order valence-corrected chi connectivity index (χ2v) is 3.96. The number of nitriles is 1. The van der Waals surface area contributed by atoms with Crippen LogP contribution in [0.1, 0.15) is 22.5 Å². The molecule has 2 N–H and O–H groups in total. The molecule has 0 atom stereocenters. The maximum atomic E-state index is 8.70. The van der Waals surface area contributed by atoms with Gasteiger partial charge in [0.15, 0.2) is 0 Å². The standard InChI is InChI=1S/C13H14N4/c1-9-13(10(2)17-16-9)8-15-12-5-3-11(7-14)4-6-12/h3-6,15H,8H2,1-2H3,(H,16,17). The number of aromatic nitrogens is 2. The Labute approximate surface area is 100 Å². The van der Waals surface area contributed by atoms with Crippen molar-refractivity contribution >= 4 is 5.69 Å². The lowest BCUT2D eigenvalue weighted by Crippen LogP contribution is -2.01. The number of rotatable bonds is 3. The van der Waals surface area contributed by atoms with E-state index in [0.29, 0.717) is 5.56 Å². The molecule has 0 aliphatic carbocycles. The van der Waals surface area contributed by atoms with Gasteiger partial charge in [0.25, 0.3) is 0 Å². The molecule has 0 radical (unpaired) electrons. The summed E-state index contributed by atoms with van der Waals surface area (Å²) in [6.07, 6.45) is 0. The summed E-state index contributed by atoms with van der Waals surface area (Å²) in [5.41, 5.74) is 4.97. The van der Waals surface area contributed by atoms with Gasteiger partial charge in [-0.1, -0.05) is 0 Å². The quantitative estimate of drug-likeness (QED) is 0.845. The van der Waals surface area contributed by atoms with Crippen LogP contribution >= 0.6 is 0 Å². The number of H-pyrrole nitrogens is 1. The monoisotopic (exact) mass is 226 g/mol. The molecule has 17 heavy (non-hydrogen) atoms. The highest BCUT2D eigenvalue weighted by Crippen LogP contribution is 2.14. The Kier molecular flexibility index (Phi) is 3.10. The molecule has 0 saturated heterocycles. The van der Waals surface area contributed by atoms with Crippen molar-refractivity contribution in [1.29, 1.82) is 5.26 Å². The second-order valence-electron chi connectivity index (χ2n) is 3.96. The molecular formula is C13H14N4. The van der Waals surface area contributed by atoms with Crippen LogP contribution in [0.4, 0.5) is 5.69 Å². The highest BCUT2D eigenvalue weighted by atomic mass is 15.1. The number of aryl methyl sites for hydroxylation is 2. The van der Waals surface area contributed by atoms with Gasteiger partial charge in [-0.25, -0.2) is 0 Å². The minimum Gasteiger partial charge on any atom is -0.381 e. The Morgan fingerprint density at radius 2 is 2.00 bits per heavy atom. The number of anilines is 1. The van der Waals surface area contributed by atoms with E-state index in [1.165, 1.54) is 5.56 Å². The molecule has 0 aliphatic rings. The third-order valence-electron chi connectivity index (χ3n) is 2.76. The molecule has 0 fully saturated rings. The van der Waals surface area contributed by atoms with Crippen LogP contribution in [0.15, 0.2) is 24.3 Å². The maximum Gasteiger partial charge on any atom is 0.0991 e. The summed E-state index contributed by atoms with van der Waals surface area (Å²) in [6, 6.07) is 9.52. The van der Waals surface area contributed by atoms with Crippen LogP contribution in [0.5, 0.6) is 0 Å². The lowest BCUT2D eigenvalue weighted by atomic mass is 10.2. The Morgan fingerprint density at radius 1 is 1.29 bits per heavy atom. The third kappa shape index (κ3) is 2.45. The van der Waals surface area contributed by atoms with E-state index < -0.39 is 0 Å². The zero-order valence-electron chi connectivity index (χ0n) is 9.91. The van der Waals surface area contributed by atoms with E-state index in [4.69, 9.17) is 5.26 Å². The molecule has 0 aliphatic heterocycles. The zero-order chi connectivity index (χ0) is 12.3. The molecule has 1 aromatic carbocycles. The molecule has 0 bridgehead atoms. The van der Waals surface area contributed by atoms with E-state index in [2.05, 4.69) is 21.6 Å². The van der Waals surface area contributed by atoms with E-state index >= 15 is 0 Å². The average molecular weight is 226 g/mol. The second kappa shape index (κ2) is 4.71. The molecule has 0 spiro atoms. The van der Waals surface area contributed by atoms with Gasteiger partial charge in [0, 0.05) is 23.5 Å². The van der Waals surface area contributed by atoms with E-state index in [-0.39, 0.29) is 0 Å². The Bertz CT molecular complexity index is 526. The van der Waals surface area contributed by atoms with Gasteiger partial charge < -0.3 is 5.32 Å². The molecule has 1 aromatic heterocycles. The summed E-state index contributed by atoms with van der Waals surface area (Å²) in [6.45, 7) is 4.73. The predicted molar refractivity (Wildman–Crippen MR) is 66.5 cm³/mol. The van der Waals surface area contributed by atoms with Crippen LogP contribution in [-0.2, 0) is 6.54 Å². The molecule has 86 valence electrons. The molecule has 0 saturated carbocycles. The number of hydrogen-bond donors (Lipinski definition) is 2. The van der Waals surface area contributed by atoms with Gasteiger partial charge in [-0.15, -0.1) is 0 Å². The van der Waals surface area contributed by atoms with Crippen LogP contribution in [0.25, 0.3) is 0 Å². The van der Waals surface area contributed by atoms with Crippen molar-refractivity contribution in [2.45, 2.75) is 20.4 Å². The van der Waals surface area contributed by atoms with Crippen molar-refractivity contribution in [1.82, 2.24) is 10.2 Å². The minimum absolute atomic E-state index is 0.672. The number of nitrogens with one attached hydrogen (secondary N) is 2. The third-order valence-corrected chi connectivity index (χ3v) is 2.76. The molecule has 4 nitrogen and oxygen atoms in total. The minimum atomic E-state index is 0.672. The van der Waals surface area contributed by atoms with Gasteiger partial charge in [-0.3, -0.25) is 5.10 Å². The van der Waals surface area contributed by atoms with E-state index in [1.54, 1.807) is 12.1 Å². The van der Waals surface area contributed by atoms with Crippen molar-refractivity contribution < 1.29 is 0 Å². The lowest BCUT2D eigenvalue weighted by molar-refractivity contribution is 1.02. The van der Waals surface area contributed by atoms with Crippen molar-refractivity contribution in [2.24, 2.45) is 0 Å². The van der Waals surface area contributed by atoms with E-state index in [9.17, 15) is 0 Å². The summed E-state index contributed by atoms with van der Waals surface area (Å²) in [7, 11) is 0. The van der Waals surface area contributed by atoms with E-state index in [1.807, 2.05) is 26.0 Å². The van der Waals surface area contributed by atoms with Crippen LogP contribution < -0.4 is 5.32 Å². The highest BCUT2D eigenvalue weighted by molar-refractivity contribution is 5.47. The number of hydrogen-bond acceptors (Lipinski definition) is 3. The average Bonchev–Trinajstić information content (AvgIpc) is 2.67. The molecule has 0 unspecified atom stereocenters. The van der Waals surface area contributed by atoms with Gasteiger partial charge in [-0.2, -0.15) is 10.4 Å². The molecule has 2 aromatic rings. The van der Waals surface area contributed by atoms with Crippen LogP contribution in [0.2, 0.25) is 0 Å². The number of benzene rings is 1. The van der Waals surface area contributed by atoms with Crippen LogP contribution in [-0.4, -0.2) is 10.2 Å². The Balaban J connectivity index is 2.05. The highest BCUT2D eigenvalue weighted by Gasteiger charge is 2.05. The van der Waals surface area contributed by atoms with E-state index in [0.717, 1.165) is 23.6 Å². The first-order valence-corrected chi connectivity index (χ1v) is 5.45. The summed E-state index contributed by atoms with van der Waals surface area (Å²) in [4.78, 5) is 0.